The quantitative estimate of drug-likeness (QED) is 0.456. The minimum atomic E-state index is -0.517. The second-order valence-corrected chi connectivity index (χ2v) is 2.75. The van der Waals surface area contributed by atoms with Gasteiger partial charge in [-0.2, -0.15) is 0 Å². The fraction of sp³-hybridized carbons (Fsp3) is 0.667. The number of thiocarbonyl (C=S) groups is 1. The molecule has 4 heteroatoms. The van der Waals surface area contributed by atoms with E-state index < -0.39 is 5.54 Å². The molecule has 10 heavy (non-hydrogen) atoms. The van der Waals surface area contributed by atoms with E-state index in [1.165, 1.54) is 0 Å². The Balaban J connectivity index is 4.21. The molecule has 3 N–H and O–H groups in total. The first kappa shape index (κ1) is 9.36. The molecule has 1 unspecified atom stereocenters. The molecule has 0 saturated carbocycles. The molecule has 0 saturated heterocycles. The standard InChI is InChI=1S/C6H12N2OS/c1-3-6(2,5(7)10)8-4-9/h4H,3H2,1-2H3,(H2,7,10)(H,8,9). The predicted octanol–water partition coefficient (Wildman–Crippen LogP) is 0.187. The minimum Gasteiger partial charge on any atom is -0.391 e. The molecule has 0 fully saturated rings. The highest BCUT2D eigenvalue weighted by Gasteiger charge is 2.23. The van der Waals surface area contributed by atoms with Gasteiger partial charge in [0.15, 0.2) is 0 Å². The summed E-state index contributed by atoms with van der Waals surface area (Å²) >= 11 is 4.75. The third-order valence-electron chi connectivity index (χ3n) is 1.63. The number of hydrogen-bond donors (Lipinski definition) is 2. The molecular weight excluding hydrogens is 148 g/mol. The van der Waals surface area contributed by atoms with Gasteiger partial charge in [0.25, 0.3) is 0 Å². The lowest BCUT2D eigenvalue weighted by molar-refractivity contribution is -0.110. The van der Waals surface area contributed by atoms with Gasteiger partial charge in [-0.25, -0.2) is 0 Å². The van der Waals surface area contributed by atoms with Crippen molar-refractivity contribution in [3.05, 3.63) is 0 Å². The first-order chi connectivity index (χ1) is 4.56. The summed E-state index contributed by atoms with van der Waals surface area (Å²) in [5, 5.41) is 2.56. The van der Waals surface area contributed by atoms with Crippen LogP contribution in [0.4, 0.5) is 0 Å². The smallest absolute Gasteiger partial charge is 0.207 e. The number of amides is 1. The normalized spacial score (nSPS) is 15.4. The second kappa shape index (κ2) is 3.51. The molecule has 0 aliphatic carbocycles. The molecule has 0 bridgehead atoms. The van der Waals surface area contributed by atoms with E-state index in [1.807, 2.05) is 6.92 Å². The second-order valence-electron chi connectivity index (χ2n) is 2.31. The van der Waals surface area contributed by atoms with E-state index >= 15 is 0 Å². The summed E-state index contributed by atoms with van der Waals surface area (Å²) in [4.78, 5) is 10.4. The van der Waals surface area contributed by atoms with Crippen molar-refractivity contribution < 1.29 is 4.79 Å². The number of nitrogens with one attached hydrogen (secondary N) is 1. The van der Waals surface area contributed by atoms with Crippen LogP contribution in [0, 0.1) is 0 Å². The van der Waals surface area contributed by atoms with Crippen molar-refractivity contribution >= 4 is 23.6 Å². The fourth-order valence-corrected chi connectivity index (χ4v) is 0.681. The van der Waals surface area contributed by atoms with Crippen LogP contribution in [-0.4, -0.2) is 16.9 Å². The van der Waals surface area contributed by atoms with Gasteiger partial charge in [-0.3, -0.25) is 4.79 Å². The van der Waals surface area contributed by atoms with Gasteiger partial charge in [0.1, 0.15) is 0 Å². The summed E-state index contributed by atoms with van der Waals surface area (Å²) in [5.74, 6) is 0. The van der Waals surface area contributed by atoms with Crippen LogP contribution < -0.4 is 11.1 Å². The van der Waals surface area contributed by atoms with E-state index in [0.717, 1.165) is 0 Å². The molecule has 0 radical (unpaired) electrons. The van der Waals surface area contributed by atoms with Crippen molar-refractivity contribution in [3.63, 3.8) is 0 Å². The number of carbonyl (C=O) groups excluding carboxylic acids is 1. The molecule has 3 nitrogen and oxygen atoms in total. The predicted molar refractivity (Wildman–Crippen MR) is 44.7 cm³/mol. The zero-order valence-electron chi connectivity index (χ0n) is 6.18. The van der Waals surface area contributed by atoms with Crippen LogP contribution in [0.2, 0.25) is 0 Å². The molecular formula is C6H12N2OS. The van der Waals surface area contributed by atoms with Crippen molar-refractivity contribution in [2.45, 2.75) is 25.8 Å². The molecule has 0 aromatic carbocycles. The molecule has 0 aliphatic heterocycles. The fourth-order valence-electron chi connectivity index (χ4n) is 0.477. The third-order valence-corrected chi connectivity index (χ3v) is 2.08. The minimum absolute atomic E-state index is 0.321. The Kier molecular flexibility index (Phi) is 3.28. The topological polar surface area (TPSA) is 55.1 Å². The Morgan fingerprint density at radius 3 is 2.50 bits per heavy atom. The zero-order valence-corrected chi connectivity index (χ0v) is 6.99. The van der Waals surface area contributed by atoms with Crippen LogP contribution in [0.3, 0.4) is 0 Å². The lowest BCUT2D eigenvalue weighted by Crippen LogP contribution is -2.51. The van der Waals surface area contributed by atoms with E-state index in [1.54, 1.807) is 6.92 Å². The molecule has 0 spiro atoms. The maximum absolute atomic E-state index is 10.1. The van der Waals surface area contributed by atoms with Crippen molar-refractivity contribution in [2.75, 3.05) is 0 Å². The Labute approximate surface area is 66.0 Å². The summed E-state index contributed by atoms with van der Waals surface area (Å²) in [7, 11) is 0. The summed E-state index contributed by atoms with van der Waals surface area (Å²) in [6, 6.07) is 0. The molecule has 0 aromatic rings. The van der Waals surface area contributed by atoms with E-state index in [4.69, 9.17) is 18.0 Å². The van der Waals surface area contributed by atoms with Crippen LogP contribution >= 0.6 is 12.2 Å². The zero-order chi connectivity index (χ0) is 8.20. The SMILES string of the molecule is CCC(C)(NC=O)C(N)=S. The van der Waals surface area contributed by atoms with Crippen molar-refractivity contribution in [1.82, 2.24) is 5.32 Å². The van der Waals surface area contributed by atoms with Crippen LogP contribution in [0.1, 0.15) is 20.3 Å². The third kappa shape index (κ3) is 1.95. The van der Waals surface area contributed by atoms with Gasteiger partial charge in [0, 0.05) is 0 Å². The molecule has 58 valence electrons. The van der Waals surface area contributed by atoms with E-state index in [2.05, 4.69) is 5.32 Å². The van der Waals surface area contributed by atoms with Crippen molar-refractivity contribution in [1.29, 1.82) is 0 Å². The summed E-state index contributed by atoms with van der Waals surface area (Å²) in [6.07, 6.45) is 1.32. The van der Waals surface area contributed by atoms with E-state index in [0.29, 0.717) is 17.8 Å². The highest BCUT2D eigenvalue weighted by atomic mass is 32.1. The summed E-state index contributed by atoms with van der Waals surface area (Å²) < 4.78 is 0. The Bertz CT molecular complexity index is 149. The van der Waals surface area contributed by atoms with Crippen LogP contribution in [0.25, 0.3) is 0 Å². The summed E-state index contributed by atoms with van der Waals surface area (Å²) in [6.45, 7) is 3.71. The van der Waals surface area contributed by atoms with Gasteiger partial charge in [0.2, 0.25) is 6.41 Å². The molecule has 0 aromatic heterocycles. The van der Waals surface area contributed by atoms with Gasteiger partial charge in [-0.15, -0.1) is 0 Å². The number of hydrogen-bond acceptors (Lipinski definition) is 2. The molecule has 0 heterocycles. The highest BCUT2D eigenvalue weighted by molar-refractivity contribution is 7.80. The maximum atomic E-state index is 10.1. The average Bonchev–Trinajstić information content (AvgIpc) is 1.88. The lowest BCUT2D eigenvalue weighted by atomic mass is 10.00. The van der Waals surface area contributed by atoms with Crippen LogP contribution in [-0.2, 0) is 4.79 Å². The Morgan fingerprint density at radius 2 is 2.40 bits per heavy atom. The Morgan fingerprint density at radius 1 is 1.90 bits per heavy atom. The molecule has 0 rings (SSSR count). The van der Waals surface area contributed by atoms with Crippen LogP contribution in [0.15, 0.2) is 0 Å². The molecule has 1 amide bonds. The van der Waals surface area contributed by atoms with Gasteiger partial charge >= 0.3 is 0 Å². The molecule has 0 aliphatic rings. The Hall–Kier alpha value is -0.640. The largest absolute Gasteiger partial charge is 0.391 e. The van der Waals surface area contributed by atoms with Crippen molar-refractivity contribution in [3.8, 4) is 0 Å². The number of nitrogens with two attached hydrogens (primary N) is 1. The van der Waals surface area contributed by atoms with Gasteiger partial charge in [-0.05, 0) is 13.3 Å². The van der Waals surface area contributed by atoms with Gasteiger partial charge in [-0.1, -0.05) is 19.1 Å². The number of rotatable bonds is 4. The van der Waals surface area contributed by atoms with Crippen LogP contribution in [0.5, 0.6) is 0 Å². The summed E-state index contributed by atoms with van der Waals surface area (Å²) in [5.41, 5.74) is 4.86. The van der Waals surface area contributed by atoms with Gasteiger partial charge < -0.3 is 11.1 Å². The maximum Gasteiger partial charge on any atom is 0.207 e. The first-order valence-corrected chi connectivity index (χ1v) is 3.49. The van der Waals surface area contributed by atoms with Gasteiger partial charge in [0.05, 0.1) is 10.5 Å². The van der Waals surface area contributed by atoms with Crippen molar-refractivity contribution in [2.24, 2.45) is 5.73 Å². The monoisotopic (exact) mass is 160 g/mol. The molecule has 1 atom stereocenters. The average molecular weight is 160 g/mol. The number of carbonyl (C=O) groups is 1. The lowest BCUT2D eigenvalue weighted by Gasteiger charge is -2.25. The highest BCUT2D eigenvalue weighted by Crippen LogP contribution is 2.07. The first-order valence-electron chi connectivity index (χ1n) is 3.08. The van der Waals surface area contributed by atoms with E-state index in [-0.39, 0.29) is 0 Å². The van der Waals surface area contributed by atoms with E-state index in [9.17, 15) is 4.79 Å².